The molecule has 2 nitrogen and oxygen atoms in total. The summed E-state index contributed by atoms with van der Waals surface area (Å²) in [6, 6.07) is 1.43. The Balaban J connectivity index is 1.69. The van der Waals surface area contributed by atoms with Crippen molar-refractivity contribution in [2.75, 3.05) is 13.2 Å². The van der Waals surface area contributed by atoms with Crippen LogP contribution in [0.15, 0.2) is 0 Å². The van der Waals surface area contributed by atoms with Gasteiger partial charge in [0.05, 0.1) is 6.61 Å². The first-order chi connectivity index (χ1) is 6.88. The summed E-state index contributed by atoms with van der Waals surface area (Å²) in [5.41, 5.74) is 0. The molecule has 0 aromatic rings. The maximum Gasteiger partial charge on any atom is 0.0619 e. The van der Waals surface area contributed by atoms with Crippen molar-refractivity contribution >= 4 is 0 Å². The zero-order chi connectivity index (χ0) is 9.80. The van der Waals surface area contributed by atoms with Gasteiger partial charge in [0, 0.05) is 18.7 Å². The van der Waals surface area contributed by atoms with E-state index in [1.807, 2.05) is 0 Å². The first-order valence-corrected chi connectivity index (χ1v) is 6.22. The third-order valence-corrected chi connectivity index (χ3v) is 3.75. The third-order valence-electron chi connectivity index (χ3n) is 3.75. The molecule has 2 aliphatic rings. The molecule has 0 spiro atoms. The van der Waals surface area contributed by atoms with Crippen LogP contribution in [-0.2, 0) is 4.74 Å². The quantitative estimate of drug-likeness (QED) is 0.750. The lowest BCUT2D eigenvalue weighted by molar-refractivity contribution is 0.0664. The molecule has 1 saturated carbocycles. The summed E-state index contributed by atoms with van der Waals surface area (Å²) >= 11 is 0. The fraction of sp³-hybridized carbons (Fsp3) is 1.00. The molecule has 0 amide bonds. The second kappa shape index (κ2) is 5.13. The first kappa shape index (κ1) is 10.4. The van der Waals surface area contributed by atoms with Gasteiger partial charge in [-0.3, -0.25) is 0 Å². The fourth-order valence-electron chi connectivity index (χ4n) is 2.80. The Kier molecular flexibility index (Phi) is 3.82. The Bertz CT molecular complexity index is 166. The van der Waals surface area contributed by atoms with Crippen LogP contribution in [0, 0.1) is 5.92 Å². The Morgan fingerprint density at radius 1 is 1.21 bits per heavy atom. The molecule has 0 radical (unpaired) electrons. The lowest BCUT2D eigenvalue weighted by atomic mass is 10.0. The molecule has 0 aromatic carbocycles. The standard InChI is InChI=1S/C12H23NO/c1-2-10-5-6-11(8-10)13-12-4-3-7-14-9-12/h10-13H,2-9H2,1H3. The first-order valence-electron chi connectivity index (χ1n) is 6.22. The van der Waals surface area contributed by atoms with Crippen LogP contribution in [0.2, 0.25) is 0 Å². The normalized spacial score (nSPS) is 38.8. The van der Waals surface area contributed by atoms with Crippen LogP contribution >= 0.6 is 0 Å². The molecular formula is C12H23NO. The van der Waals surface area contributed by atoms with Crippen molar-refractivity contribution in [3.05, 3.63) is 0 Å². The zero-order valence-electron chi connectivity index (χ0n) is 9.30. The topological polar surface area (TPSA) is 21.3 Å². The number of rotatable bonds is 3. The highest BCUT2D eigenvalue weighted by Crippen LogP contribution is 2.28. The molecule has 1 heterocycles. The molecule has 3 atom stereocenters. The minimum Gasteiger partial charge on any atom is -0.380 e. The van der Waals surface area contributed by atoms with E-state index in [0.29, 0.717) is 6.04 Å². The summed E-state index contributed by atoms with van der Waals surface area (Å²) in [6.07, 6.45) is 8.12. The van der Waals surface area contributed by atoms with Crippen LogP contribution in [0.5, 0.6) is 0 Å². The van der Waals surface area contributed by atoms with Gasteiger partial charge in [-0.25, -0.2) is 0 Å². The highest BCUT2D eigenvalue weighted by molar-refractivity contribution is 4.83. The van der Waals surface area contributed by atoms with Gasteiger partial charge < -0.3 is 10.1 Å². The average Bonchev–Trinajstić information content (AvgIpc) is 2.67. The van der Waals surface area contributed by atoms with Crippen LogP contribution in [0.3, 0.4) is 0 Å². The van der Waals surface area contributed by atoms with Crippen LogP contribution < -0.4 is 5.32 Å². The van der Waals surface area contributed by atoms with E-state index in [1.165, 1.54) is 38.5 Å². The van der Waals surface area contributed by atoms with Gasteiger partial charge in [-0.2, -0.15) is 0 Å². The highest BCUT2D eigenvalue weighted by atomic mass is 16.5. The molecule has 1 saturated heterocycles. The van der Waals surface area contributed by atoms with E-state index in [0.717, 1.165) is 25.2 Å². The van der Waals surface area contributed by atoms with E-state index in [9.17, 15) is 0 Å². The van der Waals surface area contributed by atoms with Crippen molar-refractivity contribution in [3.8, 4) is 0 Å². The Morgan fingerprint density at radius 3 is 2.79 bits per heavy atom. The summed E-state index contributed by atoms with van der Waals surface area (Å²) in [6.45, 7) is 4.23. The van der Waals surface area contributed by atoms with E-state index < -0.39 is 0 Å². The van der Waals surface area contributed by atoms with Crippen LogP contribution in [0.4, 0.5) is 0 Å². The van der Waals surface area contributed by atoms with Gasteiger partial charge in [0.2, 0.25) is 0 Å². The molecule has 2 heteroatoms. The minimum absolute atomic E-state index is 0.643. The van der Waals surface area contributed by atoms with E-state index in [4.69, 9.17) is 4.74 Å². The Hall–Kier alpha value is -0.0800. The van der Waals surface area contributed by atoms with Crippen molar-refractivity contribution in [2.24, 2.45) is 5.92 Å². The van der Waals surface area contributed by atoms with E-state index in [1.54, 1.807) is 0 Å². The monoisotopic (exact) mass is 197 g/mol. The van der Waals surface area contributed by atoms with E-state index in [2.05, 4.69) is 12.2 Å². The number of ether oxygens (including phenoxy) is 1. The lowest BCUT2D eigenvalue weighted by Gasteiger charge is -2.26. The van der Waals surface area contributed by atoms with Gasteiger partial charge in [-0.15, -0.1) is 0 Å². The second-order valence-corrected chi connectivity index (χ2v) is 4.86. The summed E-state index contributed by atoms with van der Waals surface area (Å²) in [5, 5.41) is 3.76. The average molecular weight is 197 g/mol. The van der Waals surface area contributed by atoms with Gasteiger partial charge in [-0.1, -0.05) is 13.3 Å². The number of hydrogen-bond donors (Lipinski definition) is 1. The summed E-state index contributed by atoms with van der Waals surface area (Å²) in [7, 11) is 0. The van der Waals surface area contributed by atoms with Crippen molar-refractivity contribution in [2.45, 2.75) is 57.5 Å². The molecule has 14 heavy (non-hydrogen) atoms. The van der Waals surface area contributed by atoms with Crippen molar-refractivity contribution in [3.63, 3.8) is 0 Å². The van der Waals surface area contributed by atoms with Crippen molar-refractivity contribution in [1.82, 2.24) is 5.32 Å². The fourth-order valence-corrected chi connectivity index (χ4v) is 2.80. The van der Waals surface area contributed by atoms with Crippen molar-refractivity contribution in [1.29, 1.82) is 0 Å². The molecule has 1 aliphatic carbocycles. The summed E-state index contributed by atoms with van der Waals surface area (Å²) < 4.78 is 5.48. The van der Waals surface area contributed by atoms with Crippen LogP contribution in [0.25, 0.3) is 0 Å². The molecule has 82 valence electrons. The smallest absolute Gasteiger partial charge is 0.0619 e. The second-order valence-electron chi connectivity index (χ2n) is 4.86. The van der Waals surface area contributed by atoms with Crippen LogP contribution in [-0.4, -0.2) is 25.3 Å². The van der Waals surface area contributed by atoms with E-state index >= 15 is 0 Å². The third kappa shape index (κ3) is 2.71. The van der Waals surface area contributed by atoms with Gasteiger partial charge in [0.25, 0.3) is 0 Å². The summed E-state index contributed by atoms with van der Waals surface area (Å²) in [5.74, 6) is 0.983. The number of hydrogen-bond acceptors (Lipinski definition) is 2. The van der Waals surface area contributed by atoms with Crippen molar-refractivity contribution < 1.29 is 4.74 Å². The Morgan fingerprint density at radius 2 is 2.14 bits per heavy atom. The molecule has 1 N–H and O–H groups in total. The predicted octanol–water partition coefficient (Wildman–Crippen LogP) is 2.33. The molecule has 1 aliphatic heterocycles. The summed E-state index contributed by atoms with van der Waals surface area (Å²) in [4.78, 5) is 0. The van der Waals surface area contributed by atoms with Gasteiger partial charge >= 0.3 is 0 Å². The minimum atomic E-state index is 0.643. The molecule has 0 aromatic heterocycles. The maximum atomic E-state index is 5.48. The largest absolute Gasteiger partial charge is 0.380 e. The van der Waals surface area contributed by atoms with Gasteiger partial charge in [0.1, 0.15) is 0 Å². The Labute approximate surface area is 87.4 Å². The molecule has 0 bridgehead atoms. The van der Waals surface area contributed by atoms with Gasteiger partial charge in [0.15, 0.2) is 0 Å². The van der Waals surface area contributed by atoms with Crippen LogP contribution in [0.1, 0.15) is 45.4 Å². The predicted molar refractivity (Wildman–Crippen MR) is 58.4 cm³/mol. The van der Waals surface area contributed by atoms with Gasteiger partial charge in [-0.05, 0) is 38.0 Å². The maximum absolute atomic E-state index is 5.48. The zero-order valence-corrected chi connectivity index (χ0v) is 9.30. The van der Waals surface area contributed by atoms with E-state index in [-0.39, 0.29) is 0 Å². The molecule has 2 fully saturated rings. The highest BCUT2D eigenvalue weighted by Gasteiger charge is 2.25. The molecule has 2 rings (SSSR count). The SMILES string of the molecule is CCC1CCC(NC2CCCOC2)C1. The lowest BCUT2D eigenvalue weighted by Crippen LogP contribution is -2.42. The molecule has 3 unspecified atom stereocenters. The molecular weight excluding hydrogens is 174 g/mol. The number of nitrogens with one attached hydrogen (secondary N) is 1.